The molecule has 11 atom stereocenters. The van der Waals surface area contributed by atoms with Crippen molar-refractivity contribution in [2.24, 2.45) is 0 Å². The highest BCUT2D eigenvalue weighted by atomic mass is 31.3. The lowest BCUT2D eigenvalue weighted by Crippen LogP contribution is -2.57. The van der Waals surface area contributed by atoms with Gasteiger partial charge in [0.2, 0.25) is 5.95 Å². The first-order chi connectivity index (χ1) is 17.6. The van der Waals surface area contributed by atoms with Gasteiger partial charge in [-0.15, -0.1) is 0 Å². The number of H-pyrrole nitrogens is 1. The standard InChI is InChI=1S/C16H25N5O15P2/c1-4-7(22)9(24)11(26)15(33-4)35-38(30,31)36-37(28,29)32-2-5-8(23)10(25)14(34-5)21-3-18-6-12(21)19-16(17)20-13(6)27/h3-5,7-11,14-15,22-26H,2H2,1H3,(H,28,29)(H,30,31)(H3,17,19,20,27)/t4-,5?,7+,8-,9+,10?,11-,14?,15+/m0/s1. The summed E-state index contributed by atoms with van der Waals surface area (Å²) in [7, 11) is -10.9. The number of phosphoric acid groups is 2. The van der Waals surface area contributed by atoms with Crippen molar-refractivity contribution in [1.29, 1.82) is 0 Å². The van der Waals surface area contributed by atoms with E-state index in [1.54, 1.807) is 0 Å². The van der Waals surface area contributed by atoms with Gasteiger partial charge in [0.1, 0.15) is 36.6 Å². The van der Waals surface area contributed by atoms with Gasteiger partial charge in [-0.1, -0.05) is 0 Å². The maximum absolute atomic E-state index is 12.3. The Bertz CT molecular complexity index is 1320. The van der Waals surface area contributed by atoms with Gasteiger partial charge in [0.25, 0.3) is 5.56 Å². The van der Waals surface area contributed by atoms with Crippen LogP contribution in [-0.4, -0.2) is 110 Å². The maximum Gasteiger partial charge on any atom is 0.483 e. The van der Waals surface area contributed by atoms with Gasteiger partial charge in [-0.05, 0) is 6.92 Å². The number of fused-ring (bicyclic) bond motifs is 1. The number of aromatic nitrogens is 4. The molecule has 2 aliphatic rings. The molecule has 0 spiro atoms. The molecule has 0 radical (unpaired) electrons. The van der Waals surface area contributed by atoms with Crippen LogP contribution < -0.4 is 11.3 Å². The van der Waals surface area contributed by atoms with Crippen LogP contribution in [0.4, 0.5) is 5.95 Å². The molecular weight excluding hydrogens is 564 g/mol. The van der Waals surface area contributed by atoms with Crippen LogP contribution in [0.15, 0.2) is 11.1 Å². The number of aliphatic hydroxyl groups is 5. The highest BCUT2D eigenvalue weighted by Crippen LogP contribution is 2.61. The number of nitrogen functional groups attached to an aromatic ring is 1. The molecule has 2 fully saturated rings. The predicted molar refractivity (Wildman–Crippen MR) is 119 cm³/mol. The fraction of sp³-hybridized carbons (Fsp3) is 0.688. The van der Waals surface area contributed by atoms with Crippen LogP contribution >= 0.6 is 15.6 Å². The fourth-order valence-electron chi connectivity index (χ4n) is 3.80. The Morgan fingerprint density at radius 3 is 2.42 bits per heavy atom. The summed E-state index contributed by atoms with van der Waals surface area (Å²) in [6.45, 7) is 0.291. The quantitative estimate of drug-likeness (QED) is 0.134. The van der Waals surface area contributed by atoms with Crippen molar-refractivity contribution in [3.8, 4) is 0 Å². The Kier molecular flexibility index (Phi) is 8.12. The maximum atomic E-state index is 12.3. The van der Waals surface area contributed by atoms with Gasteiger partial charge >= 0.3 is 15.6 Å². The summed E-state index contributed by atoms with van der Waals surface area (Å²) in [6.07, 6.45) is -13.8. The summed E-state index contributed by atoms with van der Waals surface area (Å²) in [5, 5.41) is 50.0. The number of aromatic amines is 1. The molecule has 10 N–H and O–H groups in total. The van der Waals surface area contributed by atoms with Crippen LogP contribution in [0.5, 0.6) is 0 Å². The number of phosphoric ester groups is 2. The normalized spacial score (nSPS) is 37.2. The number of hydrogen-bond donors (Lipinski definition) is 9. The average Bonchev–Trinajstić information content (AvgIpc) is 3.35. The summed E-state index contributed by atoms with van der Waals surface area (Å²) in [5.74, 6) is -0.266. The van der Waals surface area contributed by atoms with E-state index in [4.69, 9.17) is 15.2 Å². The zero-order chi connectivity index (χ0) is 28.2. The van der Waals surface area contributed by atoms with E-state index >= 15 is 0 Å². The van der Waals surface area contributed by atoms with Crippen molar-refractivity contribution >= 4 is 32.8 Å². The van der Waals surface area contributed by atoms with Crippen LogP contribution in [0.2, 0.25) is 0 Å². The Balaban J connectivity index is 1.39. The molecule has 22 heteroatoms. The van der Waals surface area contributed by atoms with Crippen LogP contribution in [0.1, 0.15) is 13.2 Å². The SMILES string of the molecule is C[C@@H]1O[C@H](OP(=O)(O)OP(=O)(O)OCC2OC(n3cnc4c(=O)[nH]c(N)nc43)C(O)[C@H]2O)[C@@H](O)[C@H](O)[C@@H]1O. The Morgan fingerprint density at radius 1 is 1.05 bits per heavy atom. The van der Waals surface area contributed by atoms with Crippen molar-refractivity contribution in [3.63, 3.8) is 0 Å². The van der Waals surface area contributed by atoms with Crippen LogP contribution in [0, 0.1) is 0 Å². The van der Waals surface area contributed by atoms with Crippen LogP contribution in [0.25, 0.3) is 11.2 Å². The first-order valence-electron chi connectivity index (χ1n) is 10.7. The topological polar surface area (TPSA) is 311 Å². The first kappa shape index (κ1) is 29.1. The lowest BCUT2D eigenvalue weighted by atomic mass is 10.0. The molecule has 0 amide bonds. The Morgan fingerprint density at radius 2 is 1.74 bits per heavy atom. The molecule has 2 saturated heterocycles. The van der Waals surface area contributed by atoms with E-state index in [1.807, 2.05) is 0 Å². The molecular formula is C16H25N5O15P2. The van der Waals surface area contributed by atoms with Crippen molar-refractivity contribution in [2.45, 2.75) is 62.2 Å². The van der Waals surface area contributed by atoms with Crippen molar-refractivity contribution in [3.05, 3.63) is 16.7 Å². The molecule has 0 aromatic carbocycles. The third-order valence-electron chi connectivity index (χ3n) is 5.72. The minimum Gasteiger partial charge on any atom is -0.388 e. The third kappa shape index (κ3) is 5.83. The van der Waals surface area contributed by atoms with E-state index in [2.05, 4.69) is 28.3 Å². The predicted octanol–water partition coefficient (Wildman–Crippen LogP) is -3.60. The summed E-state index contributed by atoms with van der Waals surface area (Å²) < 4.78 is 49.3. The number of aliphatic hydroxyl groups excluding tert-OH is 5. The second-order valence-electron chi connectivity index (χ2n) is 8.42. The fourth-order valence-corrected chi connectivity index (χ4v) is 5.96. The zero-order valence-corrected chi connectivity index (χ0v) is 21.0. The lowest BCUT2D eigenvalue weighted by Gasteiger charge is -2.38. The molecule has 5 unspecified atom stereocenters. The second-order valence-corrected chi connectivity index (χ2v) is 11.4. The summed E-state index contributed by atoms with van der Waals surface area (Å²) in [5.41, 5.74) is 4.59. The van der Waals surface area contributed by atoms with Gasteiger partial charge in [0, 0.05) is 0 Å². The minimum atomic E-state index is -5.50. The van der Waals surface area contributed by atoms with Crippen LogP contribution in [0.3, 0.4) is 0 Å². The number of nitrogens with two attached hydrogens (primary N) is 1. The largest absolute Gasteiger partial charge is 0.483 e. The molecule has 2 aromatic rings. The number of rotatable bonds is 8. The van der Waals surface area contributed by atoms with Crippen molar-refractivity contribution < 1.29 is 67.3 Å². The summed E-state index contributed by atoms with van der Waals surface area (Å²) in [4.78, 5) is 41.7. The summed E-state index contributed by atoms with van der Waals surface area (Å²) >= 11 is 0. The molecule has 20 nitrogen and oxygen atoms in total. The second kappa shape index (κ2) is 10.6. The molecule has 38 heavy (non-hydrogen) atoms. The first-order valence-corrected chi connectivity index (χ1v) is 13.7. The highest BCUT2D eigenvalue weighted by Gasteiger charge is 2.49. The van der Waals surface area contributed by atoms with Gasteiger partial charge < -0.3 is 50.5 Å². The highest BCUT2D eigenvalue weighted by molar-refractivity contribution is 7.61. The molecule has 214 valence electrons. The third-order valence-corrected chi connectivity index (χ3v) is 8.32. The molecule has 2 aromatic heterocycles. The van der Waals surface area contributed by atoms with Crippen LogP contribution in [-0.2, 0) is 32.0 Å². The number of hydrogen-bond acceptors (Lipinski definition) is 16. The number of nitrogens with one attached hydrogen (secondary N) is 1. The van der Waals surface area contributed by atoms with Crippen molar-refractivity contribution in [1.82, 2.24) is 19.5 Å². The van der Waals surface area contributed by atoms with E-state index in [0.717, 1.165) is 10.9 Å². The van der Waals surface area contributed by atoms with E-state index in [0.29, 0.717) is 0 Å². The molecule has 2 aliphatic heterocycles. The lowest BCUT2D eigenvalue weighted by molar-refractivity contribution is -0.271. The number of anilines is 1. The van der Waals surface area contributed by atoms with Gasteiger partial charge in [-0.3, -0.25) is 23.4 Å². The number of nitrogens with zero attached hydrogens (tertiary/aromatic N) is 3. The number of imidazole rings is 1. The van der Waals surface area contributed by atoms with Gasteiger partial charge in [-0.2, -0.15) is 9.29 Å². The smallest absolute Gasteiger partial charge is 0.388 e. The van der Waals surface area contributed by atoms with E-state index in [1.165, 1.54) is 6.92 Å². The molecule has 4 rings (SSSR count). The van der Waals surface area contributed by atoms with Gasteiger partial charge in [0.15, 0.2) is 23.7 Å². The molecule has 4 heterocycles. The minimum absolute atomic E-state index is 0.0994. The van der Waals surface area contributed by atoms with E-state index < -0.39 is 83.1 Å². The molecule has 0 aliphatic carbocycles. The van der Waals surface area contributed by atoms with E-state index in [-0.39, 0.29) is 17.1 Å². The number of ether oxygens (including phenoxy) is 2. The summed E-state index contributed by atoms with van der Waals surface area (Å²) in [6, 6.07) is 0. The molecule has 0 saturated carbocycles. The molecule has 0 bridgehead atoms. The van der Waals surface area contributed by atoms with E-state index in [9.17, 15) is 49.2 Å². The monoisotopic (exact) mass is 589 g/mol. The average molecular weight is 589 g/mol. The van der Waals surface area contributed by atoms with Crippen molar-refractivity contribution in [2.75, 3.05) is 12.3 Å². The van der Waals surface area contributed by atoms with Gasteiger partial charge in [-0.25, -0.2) is 14.1 Å². The Labute approximate surface area is 211 Å². The Hall–Kier alpha value is -1.87. The van der Waals surface area contributed by atoms with Gasteiger partial charge in [0.05, 0.1) is 19.0 Å². The zero-order valence-electron chi connectivity index (χ0n) is 19.2.